The Labute approximate surface area is 129 Å². The van der Waals surface area contributed by atoms with Gasteiger partial charge in [-0.25, -0.2) is 9.97 Å². The van der Waals surface area contributed by atoms with Gasteiger partial charge in [0.1, 0.15) is 4.60 Å². The van der Waals surface area contributed by atoms with Gasteiger partial charge in [0.2, 0.25) is 0 Å². The lowest BCUT2D eigenvalue weighted by Gasteiger charge is -2.08. The Bertz CT molecular complexity index is 593. The van der Waals surface area contributed by atoms with E-state index in [1.165, 1.54) is 32.1 Å². The fourth-order valence-electron chi connectivity index (χ4n) is 2.26. The molecule has 3 heteroatoms. The lowest BCUT2D eigenvalue weighted by molar-refractivity contribution is 0.640. The number of hydrogen-bond donors (Lipinski definition) is 0. The summed E-state index contributed by atoms with van der Waals surface area (Å²) in [6.07, 6.45) is 7.36. The highest BCUT2D eigenvalue weighted by atomic mass is 79.9. The number of fused-ring (bicyclic) bond motifs is 1. The molecule has 0 unspecified atom stereocenters. The monoisotopic (exact) mass is 332 g/mol. The molecule has 2 rings (SSSR count). The molecule has 0 aliphatic carbocycles. The van der Waals surface area contributed by atoms with Gasteiger partial charge in [-0.1, -0.05) is 51.3 Å². The fraction of sp³-hybridized carbons (Fsp3) is 0.412. The maximum absolute atomic E-state index is 4.68. The van der Waals surface area contributed by atoms with Gasteiger partial charge in [-0.05, 0) is 46.5 Å². The normalized spacial score (nSPS) is 10.9. The minimum atomic E-state index is 0.801. The van der Waals surface area contributed by atoms with Crippen LogP contribution in [0.2, 0.25) is 0 Å². The molecule has 1 aromatic heterocycles. The number of unbranched alkanes of at least 4 members (excludes halogenated alkanes) is 4. The van der Waals surface area contributed by atoms with Crippen LogP contribution in [0.1, 0.15) is 51.1 Å². The molecule has 0 fully saturated rings. The number of rotatable bonds is 7. The Morgan fingerprint density at radius 1 is 1.05 bits per heavy atom. The molecule has 1 heterocycles. The van der Waals surface area contributed by atoms with E-state index in [4.69, 9.17) is 0 Å². The zero-order valence-electron chi connectivity index (χ0n) is 12.0. The van der Waals surface area contributed by atoms with Gasteiger partial charge in [-0.2, -0.15) is 0 Å². The van der Waals surface area contributed by atoms with Gasteiger partial charge < -0.3 is 0 Å². The molecule has 0 aliphatic heterocycles. The molecular weight excluding hydrogens is 312 g/mol. The second kappa shape index (κ2) is 7.53. The van der Waals surface area contributed by atoms with Gasteiger partial charge >= 0.3 is 0 Å². The van der Waals surface area contributed by atoms with Crippen molar-refractivity contribution in [1.29, 1.82) is 0 Å². The van der Waals surface area contributed by atoms with Crippen LogP contribution in [-0.4, -0.2) is 9.97 Å². The van der Waals surface area contributed by atoms with Crippen LogP contribution in [-0.2, 0) is 0 Å². The van der Waals surface area contributed by atoms with Crippen LogP contribution in [0, 0.1) is 0 Å². The summed E-state index contributed by atoms with van der Waals surface area (Å²) in [7, 11) is 0. The average Bonchev–Trinajstić information content (AvgIpc) is 2.46. The van der Waals surface area contributed by atoms with Crippen molar-refractivity contribution in [1.82, 2.24) is 9.97 Å². The average molecular weight is 333 g/mol. The van der Waals surface area contributed by atoms with E-state index in [-0.39, 0.29) is 0 Å². The lowest BCUT2D eigenvalue weighted by atomic mass is 10.0. The first kappa shape index (κ1) is 15.2. The van der Waals surface area contributed by atoms with Crippen molar-refractivity contribution in [2.45, 2.75) is 45.4 Å². The summed E-state index contributed by atoms with van der Waals surface area (Å²) in [4.78, 5) is 9.23. The first-order valence-corrected chi connectivity index (χ1v) is 8.12. The van der Waals surface area contributed by atoms with Gasteiger partial charge in [-0.3, -0.25) is 0 Å². The number of nitrogens with zero attached hydrogens (tertiary/aromatic N) is 2. The van der Waals surface area contributed by atoms with E-state index in [0.29, 0.717) is 0 Å². The van der Waals surface area contributed by atoms with Crippen LogP contribution in [0.15, 0.2) is 35.4 Å². The molecule has 0 saturated carbocycles. The Kier molecular flexibility index (Phi) is 5.72. The van der Waals surface area contributed by atoms with E-state index >= 15 is 0 Å². The molecule has 2 aromatic rings. The molecule has 0 bridgehead atoms. The van der Waals surface area contributed by atoms with Crippen LogP contribution >= 0.6 is 15.9 Å². The number of para-hydroxylation sites is 2. The Morgan fingerprint density at radius 3 is 2.40 bits per heavy atom. The quantitative estimate of drug-likeness (QED) is 0.602. The predicted octanol–water partition coefficient (Wildman–Crippen LogP) is 5.77. The first-order valence-electron chi connectivity index (χ1n) is 7.32. The fourth-order valence-corrected chi connectivity index (χ4v) is 2.82. The second-order valence-corrected chi connectivity index (χ2v) is 5.87. The van der Waals surface area contributed by atoms with E-state index in [2.05, 4.69) is 39.4 Å². The van der Waals surface area contributed by atoms with Crippen molar-refractivity contribution in [3.05, 3.63) is 41.1 Å². The largest absolute Gasteiger partial charge is 0.244 e. The summed E-state index contributed by atoms with van der Waals surface area (Å²) >= 11 is 3.52. The summed E-state index contributed by atoms with van der Waals surface area (Å²) < 4.78 is 0.801. The molecule has 0 saturated heterocycles. The smallest absolute Gasteiger partial charge is 0.132 e. The van der Waals surface area contributed by atoms with Crippen molar-refractivity contribution >= 4 is 32.5 Å². The molecule has 106 valence electrons. The zero-order valence-corrected chi connectivity index (χ0v) is 13.6. The van der Waals surface area contributed by atoms with E-state index in [1.807, 2.05) is 24.3 Å². The summed E-state index contributed by atoms with van der Waals surface area (Å²) in [6.45, 7) is 6.41. The van der Waals surface area contributed by atoms with E-state index in [1.54, 1.807) is 0 Å². The van der Waals surface area contributed by atoms with Gasteiger partial charge in [-0.15, -0.1) is 0 Å². The molecular formula is C17H21BrN2. The predicted molar refractivity (Wildman–Crippen MR) is 89.6 cm³/mol. The summed E-state index contributed by atoms with van der Waals surface area (Å²) in [5, 5.41) is 0. The van der Waals surface area contributed by atoms with Crippen LogP contribution in [0.25, 0.3) is 16.6 Å². The first-order chi connectivity index (χ1) is 9.72. The zero-order chi connectivity index (χ0) is 14.4. The van der Waals surface area contributed by atoms with Crippen molar-refractivity contribution in [2.75, 3.05) is 0 Å². The number of halogens is 1. The van der Waals surface area contributed by atoms with E-state index in [9.17, 15) is 0 Å². The summed E-state index contributed by atoms with van der Waals surface area (Å²) in [5.74, 6) is 0. The van der Waals surface area contributed by atoms with Gasteiger partial charge in [0, 0.05) is 0 Å². The maximum Gasteiger partial charge on any atom is 0.132 e. The van der Waals surface area contributed by atoms with Crippen molar-refractivity contribution in [2.24, 2.45) is 0 Å². The number of hydrogen-bond acceptors (Lipinski definition) is 2. The second-order valence-electron chi connectivity index (χ2n) is 5.12. The lowest BCUT2D eigenvalue weighted by Crippen LogP contribution is -1.95. The summed E-state index contributed by atoms with van der Waals surface area (Å²) in [5.41, 5.74) is 3.82. The van der Waals surface area contributed by atoms with Crippen LogP contribution < -0.4 is 0 Å². The number of allylic oxidation sites excluding steroid dienone is 1. The van der Waals surface area contributed by atoms with Crippen LogP contribution in [0.4, 0.5) is 0 Å². The Hall–Kier alpha value is -1.22. The standard InChI is InChI=1S/C17H21BrN2/c1-3-4-5-6-7-10-13(2)16-17(18)20-15-12-9-8-11-14(15)19-16/h8-9,11-12H,2-7,10H2,1H3. The minimum Gasteiger partial charge on any atom is -0.244 e. The molecule has 0 N–H and O–H groups in total. The minimum absolute atomic E-state index is 0.801. The number of benzene rings is 1. The third-order valence-corrected chi connectivity index (χ3v) is 4.00. The van der Waals surface area contributed by atoms with E-state index < -0.39 is 0 Å². The molecule has 0 aliphatic rings. The molecule has 0 amide bonds. The molecule has 0 radical (unpaired) electrons. The molecule has 20 heavy (non-hydrogen) atoms. The van der Waals surface area contributed by atoms with Gasteiger partial charge in [0.15, 0.2) is 0 Å². The van der Waals surface area contributed by atoms with Crippen molar-refractivity contribution < 1.29 is 0 Å². The molecule has 0 atom stereocenters. The number of aromatic nitrogens is 2. The topological polar surface area (TPSA) is 25.8 Å². The van der Waals surface area contributed by atoms with Crippen molar-refractivity contribution in [3.63, 3.8) is 0 Å². The van der Waals surface area contributed by atoms with Crippen molar-refractivity contribution in [3.8, 4) is 0 Å². The maximum atomic E-state index is 4.68. The van der Waals surface area contributed by atoms with Crippen LogP contribution in [0.3, 0.4) is 0 Å². The third-order valence-electron chi connectivity index (χ3n) is 3.44. The molecule has 2 nitrogen and oxygen atoms in total. The highest BCUT2D eigenvalue weighted by Gasteiger charge is 2.09. The molecule has 0 spiro atoms. The van der Waals surface area contributed by atoms with Gasteiger partial charge in [0.25, 0.3) is 0 Å². The summed E-state index contributed by atoms with van der Waals surface area (Å²) in [6, 6.07) is 7.94. The Morgan fingerprint density at radius 2 is 1.70 bits per heavy atom. The third kappa shape index (κ3) is 3.89. The van der Waals surface area contributed by atoms with Gasteiger partial charge in [0.05, 0.1) is 16.7 Å². The highest BCUT2D eigenvalue weighted by molar-refractivity contribution is 9.10. The highest BCUT2D eigenvalue weighted by Crippen LogP contribution is 2.26. The SMILES string of the molecule is C=C(CCCCCCC)c1nc2ccccc2nc1Br. The molecule has 1 aromatic carbocycles. The van der Waals surface area contributed by atoms with E-state index in [0.717, 1.165) is 33.3 Å². The Balaban J connectivity index is 2.04. The van der Waals surface area contributed by atoms with Crippen LogP contribution in [0.5, 0.6) is 0 Å².